The van der Waals surface area contributed by atoms with E-state index in [1.165, 1.54) is 32.3 Å². The first-order valence-electron chi connectivity index (χ1n) is 10.1. The predicted octanol–water partition coefficient (Wildman–Crippen LogP) is 7.32. The van der Waals surface area contributed by atoms with E-state index in [0.29, 0.717) is 11.6 Å². The van der Waals surface area contributed by atoms with Crippen LogP contribution in [0.2, 0.25) is 5.28 Å². The van der Waals surface area contributed by atoms with Gasteiger partial charge in [0.2, 0.25) is 5.28 Å². The highest BCUT2D eigenvalue weighted by atomic mass is 35.5. The van der Waals surface area contributed by atoms with Crippen molar-refractivity contribution >= 4 is 43.9 Å². The van der Waals surface area contributed by atoms with Gasteiger partial charge in [-0.3, -0.25) is 0 Å². The fraction of sp³-hybridized carbons (Fsp3) is 0. The molecule has 0 bridgehead atoms. The molecule has 0 unspecified atom stereocenters. The molecule has 0 aliphatic rings. The van der Waals surface area contributed by atoms with Crippen molar-refractivity contribution in [1.82, 2.24) is 15.0 Å². The van der Waals surface area contributed by atoms with Gasteiger partial charge < -0.3 is 0 Å². The van der Waals surface area contributed by atoms with Crippen LogP contribution in [0, 0.1) is 0 Å². The van der Waals surface area contributed by atoms with E-state index in [-0.39, 0.29) is 5.28 Å². The lowest BCUT2D eigenvalue weighted by molar-refractivity contribution is 1.07. The van der Waals surface area contributed by atoms with E-state index >= 15 is 0 Å². The topological polar surface area (TPSA) is 38.7 Å². The van der Waals surface area contributed by atoms with Crippen molar-refractivity contribution in [1.29, 1.82) is 0 Å². The number of hydrogen-bond donors (Lipinski definition) is 0. The summed E-state index contributed by atoms with van der Waals surface area (Å²) in [4.78, 5) is 13.5. The van der Waals surface area contributed by atoms with Crippen molar-refractivity contribution in [2.45, 2.75) is 0 Å². The van der Waals surface area contributed by atoms with Gasteiger partial charge in [-0.15, -0.1) is 0 Å². The Morgan fingerprint density at radius 2 is 0.903 bits per heavy atom. The summed E-state index contributed by atoms with van der Waals surface area (Å²) in [6.45, 7) is 0. The molecule has 0 radical (unpaired) electrons. The number of fused-ring (bicyclic) bond motifs is 6. The van der Waals surface area contributed by atoms with Crippen molar-refractivity contribution in [2.75, 3.05) is 0 Å². The quantitative estimate of drug-likeness (QED) is 0.277. The van der Waals surface area contributed by atoms with E-state index in [1.807, 2.05) is 30.3 Å². The van der Waals surface area contributed by atoms with Crippen molar-refractivity contribution in [3.05, 3.63) is 102 Å². The molecule has 4 heteroatoms. The zero-order valence-corrected chi connectivity index (χ0v) is 17.2. The normalized spacial score (nSPS) is 11.4. The van der Waals surface area contributed by atoms with E-state index in [2.05, 4.69) is 76.7 Å². The molecule has 0 aliphatic heterocycles. The molecule has 6 aromatic rings. The fourth-order valence-electron chi connectivity index (χ4n) is 4.24. The summed E-state index contributed by atoms with van der Waals surface area (Å²) in [5, 5.41) is 7.51. The monoisotopic (exact) mass is 417 g/mol. The minimum absolute atomic E-state index is 0.187. The average molecular weight is 418 g/mol. The molecule has 0 amide bonds. The molecule has 5 aromatic carbocycles. The predicted molar refractivity (Wildman–Crippen MR) is 128 cm³/mol. The highest BCUT2D eigenvalue weighted by Gasteiger charge is 2.13. The van der Waals surface area contributed by atoms with Gasteiger partial charge in [0.15, 0.2) is 11.6 Å². The zero-order valence-electron chi connectivity index (χ0n) is 16.5. The Bertz CT molecular complexity index is 1560. The molecule has 6 rings (SSSR count). The molecule has 0 atom stereocenters. The number of rotatable bonds is 2. The van der Waals surface area contributed by atoms with Crippen LogP contribution in [0.1, 0.15) is 0 Å². The molecule has 0 spiro atoms. The van der Waals surface area contributed by atoms with Gasteiger partial charge in [0.05, 0.1) is 0 Å². The molecular weight excluding hydrogens is 402 g/mol. The standard InChI is InChI=1S/C27H16ClN3/c28-27-30-25(17-8-2-1-3-9-17)29-26(31-27)18-14-15-23-21-12-5-4-10-19(21)20-11-6-7-13-22(20)24(23)16-18/h1-16H. The SMILES string of the molecule is Clc1nc(-c2ccccc2)nc(-c2ccc3c4ccccc4c4ccccc4c3c2)n1. The second kappa shape index (κ2) is 7.15. The van der Waals surface area contributed by atoms with E-state index < -0.39 is 0 Å². The minimum Gasteiger partial charge on any atom is -0.208 e. The Morgan fingerprint density at radius 1 is 0.419 bits per heavy atom. The van der Waals surface area contributed by atoms with Crippen molar-refractivity contribution in [2.24, 2.45) is 0 Å². The number of halogens is 1. The third-order valence-electron chi connectivity index (χ3n) is 5.64. The van der Waals surface area contributed by atoms with Gasteiger partial charge >= 0.3 is 0 Å². The van der Waals surface area contributed by atoms with Crippen LogP contribution in [-0.4, -0.2) is 15.0 Å². The Labute approximate surface area is 184 Å². The molecule has 146 valence electrons. The lowest BCUT2D eigenvalue weighted by Crippen LogP contribution is -1.97. The van der Waals surface area contributed by atoms with Crippen LogP contribution in [0.3, 0.4) is 0 Å². The van der Waals surface area contributed by atoms with Crippen LogP contribution in [0.15, 0.2) is 97.1 Å². The van der Waals surface area contributed by atoms with Crippen molar-refractivity contribution < 1.29 is 0 Å². The van der Waals surface area contributed by atoms with E-state index in [4.69, 9.17) is 16.6 Å². The number of hydrogen-bond acceptors (Lipinski definition) is 3. The highest BCUT2D eigenvalue weighted by molar-refractivity contribution is 6.28. The molecule has 1 aromatic heterocycles. The fourth-order valence-corrected chi connectivity index (χ4v) is 4.40. The van der Waals surface area contributed by atoms with Gasteiger partial charge in [-0.25, -0.2) is 4.98 Å². The molecule has 0 aliphatic carbocycles. The molecule has 0 saturated heterocycles. The van der Waals surface area contributed by atoms with Crippen molar-refractivity contribution in [3.63, 3.8) is 0 Å². The van der Waals surface area contributed by atoms with Gasteiger partial charge in [-0.2, -0.15) is 9.97 Å². The molecule has 0 saturated carbocycles. The molecule has 0 fully saturated rings. The minimum atomic E-state index is 0.187. The first-order chi connectivity index (χ1) is 15.3. The largest absolute Gasteiger partial charge is 0.226 e. The Hall–Kier alpha value is -3.82. The lowest BCUT2D eigenvalue weighted by Gasteiger charge is -2.12. The molecular formula is C27H16ClN3. The number of aromatic nitrogens is 3. The number of benzene rings is 5. The summed E-state index contributed by atoms with van der Waals surface area (Å²) in [6, 6.07) is 33.2. The molecule has 0 N–H and O–H groups in total. The van der Waals surface area contributed by atoms with Gasteiger partial charge in [-0.1, -0.05) is 91.0 Å². The van der Waals surface area contributed by atoms with Crippen molar-refractivity contribution in [3.8, 4) is 22.8 Å². The maximum Gasteiger partial charge on any atom is 0.226 e. The highest BCUT2D eigenvalue weighted by Crippen LogP contribution is 2.36. The summed E-state index contributed by atoms with van der Waals surface area (Å²) in [6.07, 6.45) is 0. The lowest BCUT2D eigenvalue weighted by atomic mass is 9.93. The van der Waals surface area contributed by atoms with Crippen LogP contribution < -0.4 is 0 Å². The molecule has 3 nitrogen and oxygen atoms in total. The molecule has 31 heavy (non-hydrogen) atoms. The second-order valence-corrected chi connectivity index (χ2v) is 7.81. The zero-order chi connectivity index (χ0) is 20.8. The van der Waals surface area contributed by atoms with Gasteiger partial charge in [-0.05, 0) is 50.0 Å². The summed E-state index contributed by atoms with van der Waals surface area (Å²) >= 11 is 6.28. The Balaban J connectivity index is 1.63. The first kappa shape index (κ1) is 18.0. The van der Waals surface area contributed by atoms with Gasteiger partial charge in [0.1, 0.15) is 0 Å². The van der Waals surface area contributed by atoms with Gasteiger partial charge in [0, 0.05) is 11.1 Å². The summed E-state index contributed by atoms with van der Waals surface area (Å²) < 4.78 is 0. The van der Waals surface area contributed by atoms with E-state index in [0.717, 1.165) is 11.1 Å². The van der Waals surface area contributed by atoms with Crippen LogP contribution in [-0.2, 0) is 0 Å². The second-order valence-electron chi connectivity index (χ2n) is 7.47. The van der Waals surface area contributed by atoms with E-state index in [1.54, 1.807) is 0 Å². The Kier molecular flexibility index (Phi) is 4.15. The summed E-state index contributed by atoms with van der Waals surface area (Å²) in [5.74, 6) is 1.14. The van der Waals surface area contributed by atoms with Gasteiger partial charge in [0.25, 0.3) is 0 Å². The van der Waals surface area contributed by atoms with Crippen LogP contribution in [0.5, 0.6) is 0 Å². The Morgan fingerprint density at radius 3 is 1.52 bits per heavy atom. The maximum absolute atomic E-state index is 6.28. The number of nitrogens with zero attached hydrogens (tertiary/aromatic N) is 3. The maximum atomic E-state index is 6.28. The van der Waals surface area contributed by atoms with Crippen LogP contribution in [0.25, 0.3) is 55.1 Å². The first-order valence-corrected chi connectivity index (χ1v) is 10.5. The third-order valence-corrected chi connectivity index (χ3v) is 5.81. The van der Waals surface area contributed by atoms with Crippen LogP contribution >= 0.6 is 11.6 Å². The van der Waals surface area contributed by atoms with E-state index in [9.17, 15) is 0 Å². The molecule has 1 heterocycles. The summed E-state index contributed by atoms with van der Waals surface area (Å²) in [7, 11) is 0. The smallest absolute Gasteiger partial charge is 0.208 e. The third kappa shape index (κ3) is 3.02. The average Bonchev–Trinajstić information content (AvgIpc) is 2.84. The van der Waals surface area contributed by atoms with Crippen LogP contribution in [0.4, 0.5) is 0 Å². The summed E-state index contributed by atoms with van der Waals surface area (Å²) in [5.41, 5.74) is 1.82.